The van der Waals surface area contributed by atoms with Gasteiger partial charge in [-0.1, -0.05) is 74.3 Å². The second kappa shape index (κ2) is 7.42. The highest BCUT2D eigenvalue weighted by Gasteiger charge is 2.43. The minimum Gasteiger partial charge on any atom is -0.273 e. The van der Waals surface area contributed by atoms with E-state index in [4.69, 9.17) is 23.2 Å². The van der Waals surface area contributed by atoms with Crippen LogP contribution in [0.1, 0.15) is 49.8 Å². The average molecular weight is 389 g/mol. The molecule has 0 unspecified atom stereocenters. The Morgan fingerprint density at radius 3 is 2.46 bits per heavy atom. The summed E-state index contributed by atoms with van der Waals surface area (Å²) in [6.45, 7) is 6.58. The van der Waals surface area contributed by atoms with Gasteiger partial charge in [-0.3, -0.25) is 4.79 Å². The lowest BCUT2D eigenvalue weighted by Gasteiger charge is -2.19. The SMILES string of the molecule is CC(C)(C)c1ccc([C@H]2C[C@H]2C(=O)N/N=C\c2ccc(Cl)cc2Cl)cc1. The van der Waals surface area contributed by atoms with Crippen LogP contribution in [0.2, 0.25) is 10.0 Å². The molecule has 0 heterocycles. The second-order valence-electron chi connectivity index (χ2n) is 7.72. The van der Waals surface area contributed by atoms with Crippen molar-refractivity contribution in [1.82, 2.24) is 5.43 Å². The molecule has 2 aromatic rings. The normalized spacial score (nSPS) is 19.6. The molecular weight excluding hydrogens is 367 g/mol. The highest BCUT2D eigenvalue weighted by atomic mass is 35.5. The van der Waals surface area contributed by atoms with Crippen LogP contribution in [0, 0.1) is 5.92 Å². The number of carbonyl (C=O) groups excluding carboxylic acids is 1. The zero-order chi connectivity index (χ0) is 18.9. The number of nitrogens with zero attached hydrogens (tertiary/aromatic N) is 1. The molecule has 5 heteroatoms. The van der Waals surface area contributed by atoms with E-state index in [1.54, 1.807) is 18.2 Å². The smallest absolute Gasteiger partial charge is 0.243 e. The molecule has 1 saturated carbocycles. The first-order valence-corrected chi connectivity index (χ1v) is 9.40. The quantitative estimate of drug-likeness (QED) is 0.541. The van der Waals surface area contributed by atoms with Gasteiger partial charge in [0.1, 0.15) is 0 Å². The van der Waals surface area contributed by atoms with Gasteiger partial charge in [-0.25, -0.2) is 5.43 Å². The van der Waals surface area contributed by atoms with Gasteiger partial charge in [0.15, 0.2) is 0 Å². The van der Waals surface area contributed by atoms with Crippen LogP contribution in [0.3, 0.4) is 0 Å². The average Bonchev–Trinajstić information content (AvgIpc) is 3.37. The van der Waals surface area contributed by atoms with Crippen molar-refractivity contribution in [3.8, 4) is 0 Å². The van der Waals surface area contributed by atoms with E-state index in [2.05, 4.69) is 55.6 Å². The maximum Gasteiger partial charge on any atom is 0.243 e. The maximum absolute atomic E-state index is 12.3. The van der Waals surface area contributed by atoms with Crippen molar-refractivity contribution in [2.45, 2.75) is 38.5 Å². The molecule has 1 aliphatic rings. The standard InChI is InChI=1S/C21H22Cl2N2O/c1-21(2,3)15-7-4-13(5-8-15)17-11-18(17)20(26)25-24-12-14-6-9-16(22)10-19(14)23/h4-10,12,17-18H,11H2,1-3H3,(H,25,26)/b24-12-/t17-,18-/m1/s1. The summed E-state index contributed by atoms with van der Waals surface area (Å²) in [7, 11) is 0. The Labute approximate surface area is 164 Å². The van der Waals surface area contributed by atoms with Gasteiger partial charge in [0, 0.05) is 16.5 Å². The molecule has 0 aromatic heterocycles. The topological polar surface area (TPSA) is 41.5 Å². The van der Waals surface area contributed by atoms with E-state index in [-0.39, 0.29) is 23.2 Å². The number of nitrogens with one attached hydrogen (secondary N) is 1. The molecule has 26 heavy (non-hydrogen) atoms. The van der Waals surface area contributed by atoms with Gasteiger partial charge < -0.3 is 0 Å². The number of carbonyl (C=O) groups is 1. The first kappa shape index (κ1) is 18.9. The van der Waals surface area contributed by atoms with Gasteiger partial charge in [-0.15, -0.1) is 0 Å². The van der Waals surface area contributed by atoms with Crippen LogP contribution in [0.5, 0.6) is 0 Å². The molecule has 3 rings (SSSR count). The van der Waals surface area contributed by atoms with Crippen molar-refractivity contribution in [1.29, 1.82) is 0 Å². The molecule has 1 fully saturated rings. The molecular formula is C21H22Cl2N2O. The number of rotatable bonds is 4. The summed E-state index contributed by atoms with van der Waals surface area (Å²) in [6.07, 6.45) is 2.39. The summed E-state index contributed by atoms with van der Waals surface area (Å²) in [5, 5.41) is 5.08. The molecule has 1 N–H and O–H groups in total. The van der Waals surface area contributed by atoms with Crippen molar-refractivity contribution >= 4 is 35.3 Å². The summed E-state index contributed by atoms with van der Waals surface area (Å²) in [6, 6.07) is 13.7. The third kappa shape index (κ3) is 4.46. The summed E-state index contributed by atoms with van der Waals surface area (Å²) < 4.78 is 0. The number of hydrazone groups is 1. The number of hydrogen-bond donors (Lipinski definition) is 1. The molecule has 136 valence electrons. The number of benzene rings is 2. The molecule has 0 bridgehead atoms. The maximum atomic E-state index is 12.3. The summed E-state index contributed by atoms with van der Waals surface area (Å²) in [5.74, 6) is 0.197. The van der Waals surface area contributed by atoms with Gasteiger partial charge >= 0.3 is 0 Å². The summed E-state index contributed by atoms with van der Waals surface area (Å²) in [5.41, 5.74) is 5.96. The third-order valence-corrected chi connectivity index (χ3v) is 5.24. The fraction of sp³-hybridized carbons (Fsp3) is 0.333. The molecule has 0 radical (unpaired) electrons. The Balaban J connectivity index is 1.56. The molecule has 3 nitrogen and oxygen atoms in total. The van der Waals surface area contributed by atoms with Gasteiger partial charge in [-0.2, -0.15) is 5.10 Å². The first-order chi connectivity index (χ1) is 12.3. The molecule has 0 saturated heterocycles. The van der Waals surface area contributed by atoms with E-state index in [1.807, 2.05) is 0 Å². The number of hydrogen-bond acceptors (Lipinski definition) is 2. The highest BCUT2D eigenvalue weighted by molar-refractivity contribution is 6.36. The predicted octanol–water partition coefficient (Wildman–Crippen LogP) is 5.54. The minimum absolute atomic E-state index is 0.0201. The van der Waals surface area contributed by atoms with E-state index in [0.29, 0.717) is 15.6 Å². The fourth-order valence-corrected chi connectivity index (χ4v) is 3.40. The van der Waals surface area contributed by atoms with Crippen LogP contribution in [0.4, 0.5) is 0 Å². The fourth-order valence-electron chi connectivity index (χ4n) is 2.94. The Morgan fingerprint density at radius 1 is 1.15 bits per heavy atom. The summed E-state index contributed by atoms with van der Waals surface area (Å²) >= 11 is 11.9. The first-order valence-electron chi connectivity index (χ1n) is 8.64. The lowest BCUT2D eigenvalue weighted by molar-refractivity contribution is -0.122. The molecule has 2 atom stereocenters. The third-order valence-electron chi connectivity index (χ3n) is 4.67. The molecule has 1 amide bonds. The Bertz CT molecular complexity index is 838. The van der Waals surface area contributed by atoms with Crippen molar-refractivity contribution in [3.05, 3.63) is 69.2 Å². The predicted molar refractivity (Wildman–Crippen MR) is 108 cm³/mol. The van der Waals surface area contributed by atoms with Gasteiger partial charge in [0.05, 0.1) is 11.2 Å². The monoisotopic (exact) mass is 388 g/mol. The van der Waals surface area contributed by atoms with Crippen molar-refractivity contribution in [2.75, 3.05) is 0 Å². The molecule has 0 spiro atoms. The van der Waals surface area contributed by atoms with Crippen LogP contribution >= 0.6 is 23.2 Å². The van der Waals surface area contributed by atoms with Crippen LogP contribution in [-0.4, -0.2) is 12.1 Å². The van der Waals surface area contributed by atoms with E-state index in [1.165, 1.54) is 17.3 Å². The molecule has 1 aliphatic carbocycles. The van der Waals surface area contributed by atoms with Gasteiger partial charge in [-0.05, 0) is 41.0 Å². The van der Waals surface area contributed by atoms with Crippen LogP contribution in [0.25, 0.3) is 0 Å². The Morgan fingerprint density at radius 2 is 1.85 bits per heavy atom. The van der Waals surface area contributed by atoms with Gasteiger partial charge in [0.2, 0.25) is 5.91 Å². The van der Waals surface area contributed by atoms with E-state index < -0.39 is 0 Å². The van der Waals surface area contributed by atoms with Crippen LogP contribution < -0.4 is 5.43 Å². The van der Waals surface area contributed by atoms with Crippen LogP contribution in [-0.2, 0) is 10.2 Å². The largest absolute Gasteiger partial charge is 0.273 e. The lowest BCUT2D eigenvalue weighted by atomic mass is 9.86. The van der Waals surface area contributed by atoms with Crippen molar-refractivity contribution < 1.29 is 4.79 Å². The Kier molecular flexibility index (Phi) is 5.40. The lowest BCUT2D eigenvalue weighted by Crippen LogP contribution is -2.20. The number of amides is 1. The van der Waals surface area contributed by atoms with Crippen molar-refractivity contribution in [2.24, 2.45) is 11.0 Å². The van der Waals surface area contributed by atoms with Gasteiger partial charge in [0.25, 0.3) is 0 Å². The Hall–Kier alpha value is -1.84. The molecule has 2 aromatic carbocycles. The zero-order valence-corrected chi connectivity index (χ0v) is 16.6. The second-order valence-corrected chi connectivity index (χ2v) is 8.56. The summed E-state index contributed by atoms with van der Waals surface area (Å²) in [4.78, 5) is 12.3. The van der Waals surface area contributed by atoms with E-state index >= 15 is 0 Å². The van der Waals surface area contributed by atoms with E-state index in [9.17, 15) is 4.79 Å². The molecule has 0 aliphatic heterocycles. The zero-order valence-electron chi connectivity index (χ0n) is 15.1. The van der Waals surface area contributed by atoms with E-state index in [0.717, 1.165) is 6.42 Å². The minimum atomic E-state index is -0.0590. The number of halogens is 2. The van der Waals surface area contributed by atoms with Crippen molar-refractivity contribution in [3.63, 3.8) is 0 Å². The van der Waals surface area contributed by atoms with Crippen LogP contribution in [0.15, 0.2) is 47.6 Å². The highest BCUT2D eigenvalue weighted by Crippen LogP contribution is 2.47.